The summed E-state index contributed by atoms with van der Waals surface area (Å²) >= 11 is 0. The minimum absolute atomic E-state index is 0.0402. The third kappa shape index (κ3) is 5.05. The first-order valence-electron chi connectivity index (χ1n) is 9.19. The molecule has 1 saturated heterocycles. The van der Waals surface area contributed by atoms with Gasteiger partial charge in [0, 0.05) is 23.8 Å². The summed E-state index contributed by atoms with van der Waals surface area (Å²) in [5.74, 6) is -0.116. The van der Waals surface area contributed by atoms with Crippen LogP contribution >= 0.6 is 0 Å². The molecule has 2 amide bonds. The number of likely N-dealkylation sites (tertiary alicyclic amines) is 1. The maximum absolute atomic E-state index is 12.7. The number of rotatable bonds is 5. The topological polar surface area (TPSA) is 69.6 Å². The molecule has 0 aliphatic carbocycles. The van der Waals surface area contributed by atoms with Crippen LogP contribution in [0.15, 0.2) is 18.2 Å². The maximum Gasteiger partial charge on any atom is 0.254 e. The molecule has 2 atom stereocenters. The fourth-order valence-corrected chi connectivity index (χ4v) is 3.13. The standard InChI is InChI=1S/C20H30N2O3/c1-13(2)18(23)12-19(24)21-17-9-8-16(11-14(17)3)20(25)22-10-6-5-7-15(22)4/h8-9,11,13,15,18,23H,5-7,10,12H2,1-4H3,(H,21,24). The van der Waals surface area contributed by atoms with Crippen LogP contribution in [0.4, 0.5) is 5.69 Å². The van der Waals surface area contributed by atoms with Gasteiger partial charge in [-0.05, 0) is 62.8 Å². The van der Waals surface area contributed by atoms with Crippen molar-refractivity contribution in [1.29, 1.82) is 0 Å². The summed E-state index contributed by atoms with van der Waals surface area (Å²) in [7, 11) is 0. The second kappa shape index (κ2) is 8.48. The molecule has 0 saturated carbocycles. The summed E-state index contributed by atoms with van der Waals surface area (Å²) in [5.41, 5.74) is 2.19. The van der Waals surface area contributed by atoms with Crippen molar-refractivity contribution >= 4 is 17.5 Å². The number of hydrogen-bond donors (Lipinski definition) is 2. The smallest absolute Gasteiger partial charge is 0.254 e. The van der Waals surface area contributed by atoms with E-state index in [1.165, 1.54) is 6.42 Å². The Balaban J connectivity index is 2.05. The number of aliphatic hydroxyl groups excluding tert-OH is 1. The van der Waals surface area contributed by atoms with Gasteiger partial charge in [0.15, 0.2) is 0 Å². The molecule has 5 heteroatoms. The van der Waals surface area contributed by atoms with E-state index in [4.69, 9.17) is 0 Å². The van der Waals surface area contributed by atoms with E-state index in [1.807, 2.05) is 31.7 Å². The van der Waals surface area contributed by atoms with Crippen LogP contribution in [0.3, 0.4) is 0 Å². The van der Waals surface area contributed by atoms with Gasteiger partial charge in [-0.2, -0.15) is 0 Å². The number of piperidine rings is 1. The first kappa shape index (κ1) is 19.4. The molecule has 1 aromatic carbocycles. The fourth-order valence-electron chi connectivity index (χ4n) is 3.13. The van der Waals surface area contributed by atoms with E-state index >= 15 is 0 Å². The van der Waals surface area contributed by atoms with Gasteiger partial charge in [-0.3, -0.25) is 9.59 Å². The molecule has 1 aromatic rings. The molecule has 25 heavy (non-hydrogen) atoms. The Morgan fingerprint density at radius 1 is 1.32 bits per heavy atom. The molecule has 0 aromatic heterocycles. The molecule has 1 heterocycles. The predicted molar refractivity (Wildman–Crippen MR) is 99.6 cm³/mol. The summed E-state index contributed by atoms with van der Waals surface area (Å²) in [6.07, 6.45) is 2.71. The normalized spacial score (nSPS) is 19.0. The third-order valence-electron chi connectivity index (χ3n) is 4.98. The lowest BCUT2D eigenvalue weighted by Gasteiger charge is -2.33. The van der Waals surface area contributed by atoms with Crippen molar-refractivity contribution in [3.63, 3.8) is 0 Å². The maximum atomic E-state index is 12.7. The van der Waals surface area contributed by atoms with E-state index in [1.54, 1.807) is 12.1 Å². The van der Waals surface area contributed by atoms with Crippen LogP contribution in [0.25, 0.3) is 0 Å². The van der Waals surface area contributed by atoms with Crippen molar-refractivity contribution in [3.8, 4) is 0 Å². The Kier molecular flexibility index (Phi) is 6.59. The third-order valence-corrected chi connectivity index (χ3v) is 4.98. The lowest BCUT2D eigenvalue weighted by molar-refractivity contribution is -0.118. The molecule has 2 unspecified atom stereocenters. The summed E-state index contributed by atoms with van der Waals surface area (Å²) in [4.78, 5) is 26.7. The predicted octanol–water partition coefficient (Wildman–Crippen LogP) is 3.36. The molecule has 1 aliphatic rings. The van der Waals surface area contributed by atoms with Crippen molar-refractivity contribution in [2.75, 3.05) is 11.9 Å². The van der Waals surface area contributed by atoms with Crippen LogP contribution in [0.2, 0.25) is 0 Å². The zero-order chi connectivity index (χ0) is 18.6. The van der Waals surface area contributed by atoms with E-state index in [0.717, 1.165) is 24.9 Å². The highest BCUT2D eigenvalue weighted by molar-refractivity contribution is 5.96. The Bertz CT molecular complexity index is 627. The van der Waals surface area contributed by atoms with E-state index in [0.29, 0.717) is 11.3 Å². The largest absolute Gasteiger partial charge is 0.392 e. The number of aryl methyl sites for hydroxylation is 1. The Hall–Kier alpha value is -1.88. The van der Waals surface area contributed by atoms with Crippen LogP contribution in [0.1, 0.15) is 62.4 Å². The molecule has 5 nitrogen and oxygen atoms in total. The average molecular weight is 346 g/mol. The molecule has 1 fully saturated rings. The van der Waals surface area contributed by atoms with Crippen molar-refractivity contribution in [1.82, 2.24) is 4.90 Å². The highest BCUT2D eigenvalue weighted by atomic mass is 16.3. The van der Waals surface area contributed by atoms with Gasteiger partial charge in [0.1, 0.15) is 0 Å². The Morgan fingerprint density at radius 2 is 2.04 bits per heavy atom. The van der Waals surface area contributed by atoms with Gasteiger partial charge in [-0.15, -0.1) is 0 Å². The van der Waals surface area contributed by atoms with Crippen LogP contribution < -0.4 is 5.32 Å². The Labute approximate surface area is 150 Å². The quantitative estimate of drug-likeness (QED) is 0.859. The molecular weight excluding hydrogens is 316 g/mol. The summed E-state index contributed by atoms with van der Waals surface area (Å²) in [6.45, 7) is 8.55. The minimum atomic E-state index is -0.651. The van der Waals surface area contributed by atoms with Gasteiger partial charge in [-0.1, -0.05) is 13.8 Å². The molecular formula is C20H30N2O3. The number of carbonyl (C=O) groups is 2. The van der Waals surface area contributed by atoms with Crippen molar-refractivity contribution < 1.29 is 14.7 Å². The first-order valence-corrected chi connectivity index (χ1v) is 9.19. The second-order valence-electron chi connectivity index (χ2n) is 7.44. The van der Waals surface area contributed by atoms with Crippen molar-refractivity contribution in [2.24, 2.45) is 5.92 Å². The molecule has 138 valence electrons. The highest BCUT2D eigenvalue weighted by Gasteiger charge is 2.24. The molecule has 1 aliphatic heterocycles. The number of amides is 2. The van der Waals surface area contributed by atoms with E-state index in [-0.39, 0.29) is 30.2 Å². The number of hydrogen-bond acceptors (Lipinski definition) is 3. The average Bonchev–Trinajstić information content (AvgIpc) is 2.56. The number of nitrogens with one attached hydrogen (secondary N) is 1. The van der Waals surface area contributed by atoms with Gasteiger partial charge in [0.2, 0.25) is 5.91 Å². The number of carbonyl (C=O) groups excluding carboxylic acids is 2. The number of anilines is 1. The highest BCUT2D eigenvalue weighted by Crippen LogP contribution is 2.22. The number of aliphatic hydroxyl groups is 1. The van der Waals surface area contributed by atoms with Gasteiger partial charge in [-0.25, -0.2) is 0 Å². The van der Waals surface area contributed by atoms with Crippen LogP contribution in [0, 0.1) is 12.8 Å². The zero-order valence-corrected chi connectivity index (χ0v) is 15.7. The van der Waals surface area contributed by atoms with Crippen LogP contribution in [-0.4, -0.2) is 40.5 Å². The Morgan fingerprint density at radius 3 is 2.64 bits per heavy atom. The summed E-state index contributed by atoms with van der Waals surface area (Å²) in [5, 5.41) is 12.6. The van der Waals surface area contributed by atoms with E-state index < -0.39 is 6.10 Å². The van der Waals surface area contributed by atoms with E-state index in [2.05, 4.69) is 12.2 Å². The number of benzene rings is 1. The van der Waals surface area contributed by atoms with E-state index in [9.17, 15) is 14.7 Å². The van der Waals surface area contributed by atoms with Gasteiger partial charge in [0.05, 0.1) is 12.5 Å². The first-order chi connectivity index (χ1) is 11.8. The number of nitrogens with zero attached hydrogens (tertiary/aromatic N) is 1. The molecule has 2 N–H and O–H groups in total. The monoisotopic (exact) mass is 346 g/mol. The van der Waals surface area contributed by atoms with Gasteiger partial charge < -0.3 is 15.3 Å². The lowest BCUT2D eigenvalue weighted by Crippen LogP contribution is -2.42. The molecule has 0 bridgehead atoms. The van der Waals surface area contributed by atoms with Crippen LogP contribution in [-0.2, 0) is 4.79 Å². The molecule has 0 radical (unpaired) electrons. The summed E-state index contributed by atoms with van der Waals surface area (Å²) < 4.78 is 0. The SMILES string of the molecule is Cc1cc(C(=O)N2CCCCC2C)ccc1NC(=O)CC(O)C(C)C. The summed E-state index contributed by atoms with van der Waals surface area (Å²) in [6, 6.07) is 5.65. The van der Waals surface area contributed by atoms with Crippen molar-refractivity contribution in [2.45, 2.75) is 65.5 Å². The molecule has 0 spiro atoms. The molecule has 2 rings (SSSR count). The van der Waals surface area contributed by atoms with Crippen molar-refractivity contribution in [3.05, 3.63) is 29.3 Å². The minimum Gasteiger partial charge on any atom is -0.392 e. The van der Waals surface area contributed by atoms with Crippen LogP contribution in [0.5, 0.6) is 0 Å². The second-order valence-corrected chi connectivity index (χ2v) is 7.44. The zero-order valence-electron chi connectivity index (χ0n) is 15.7. The fraction of sp³-hybridized carbons (Fsp3) is 0.600. The van der Waals surface area contributed by atoms with Gasteiger partial charge >= 0.3 is 0 Å². The lowest BCUT2D eigenvalue weighted by atomic mass is 10.0. The van der Waals surface area contributed by atoms with Gasteiger partial charge in [0.25, 0.3) is 5.91 Å².